The lowest BCUT2D eigenvalue weighted by Gasteiger charge is -2.10. The summed E-state index contributed by atoms with van der Waals surface area (Å²) in [4.78, 5) is 12.1. The monoisotopic (exact) mass is 250 g/mol. The summed E-state index contributed by atoms with van der Waals surface area (Å²) < 4.78 is 12.2. The number of ketones is 1. The summed E-state index contributed by atoms with van der Waals surface area (Å²) in [5.74, 6) is 0.743. The minimum atomic E-state index is -1.02. The number of carbonyl (C=O) groups is 1. The highest BCUT2D eigenvalue weighted by Crippen LogP contribution is 2.25. The van der Waals surface area contributed by atoms with Gasteiger partial charge < -0.3 is 0 Å². The topological polar surface area (TPSA) is 34.1 Å². The van der Waals surface area contributed by atoms with Crippen molar-refractivity contribution < 1.29 is 9.00 Å². The van der Waals surface area contributed by atoms with Gasteiger partial charge in [0.1, 0.15) is 5.78 Å². The van der Waals surface area contributed by atoms with Crippen LogP contribution in [0.5, 0.6) is 0 Å². The van der Waals surface area contributed by atoms with E-state index in [4.69, 9.17) is 0 Å². The van der Waals surface area contributed by atoms with E-state index in [0.29, 0.717) is 18.8 Å². The molecule has 0 heterocycles. The van der Waals surface area contributed by atoms with E-state index in [1.807, 2.05) is 24.3 Å². The molecule has 0 bridgehead atoms. The zero-order valence-electron chi connectivity index (χ0n) is 10.3. The molecule has 0 aliphatic heterocycles. The molecule has 2 rings (SSSR count). The molecule has 1 saturated carbocycles. The minimum absolute atomic E-state index is 0.0346. The Hall–Kier alpha value is -0.960. The molecule has 0 spiro atoms. The second kappa shape index (κ2) is 5.13. The van der Waals surface area contributed by atoms with Gasteiger partial charge >= 0.3 is 0 Å². The van der Waals surface area contributed by atoms with Gasteiger partial charge in [-0.05, 0) is 30.0 Å². The molecule has 0 radical (unpaired) electrons. The molecule has 0 N–H and O–H groups in total. The normalized spacial score (nSPS) is 22.1. The second-order valence-electron chi connectivity index (χ2n) is 4.92. The molecular formula is C14H18O2S. The quantitative estimate of drug-likeness (QED) is 0.826. The number of Topliss-reactive ketones (excluding diaryl/α,β-unsaturated/α-hetero) is 1. The molecule has 0 saturated heterocycles. The van der Waals surface area contributed by atoms with Gasteiger partial charge in [0, 0.05) is 23.0 Å². The zero-order chi connectivity index (χ0) is 12.4. The van der Waals surface area contributed by atoms with E-state index < -0.39 is 10.8 Å². The Bertz CT molecular complexity index is 434. The molecule has 0 aromatic heterocycles. The predicted molar refractivity (Wildman–Crippen MR) is 69.6 cm³/mol. The first-order valence-electron chi connectivity index (χ1n) is 6.10. The van der Waals surface area contributed by atoms with Crippen molar-refractivity contribution in [1.82, 2.24) is 0 Å². The summed E-state index contributed by atoms with van der Waals surface area (Å²) in [5.41, 5.74) is 1.26. The van der Waals surface area contributed by atoms with Crippen molar-refractivity contribution in [2.75, 3.05) is 0 Å². The van der Waals surface area contributed by atoms with Crippen LogP contribution in [0.3, 0.4) is 0 Å². The highest BCUT2D eigenvalue weighted by atomic mass is 32.2. The lowest BCUT2D eigenvalue weighted by molar-refractivity contribution is -0.117. The maximum atomic E-state index is 12.2. The molecule has 92 valence electrons. The summed E-state index contributed by atoms with van der Waals surface area (Å²) >= 11 is 0. The highest BCUT2D eigenvalue weighted by molar-refractivity contribution is 7.85. The summed E-state index contributed by atoms with van der Waals surface area (Å²) in [6, 6.07) is 7.95. The van der Waals surface area contributed by atoms with E-state index in [2.05, 4.69) is 13.8 Å². The first-order valence-corrected chi connectivity index (χ1v) is 7.31. The van der Waals surface area contributed by atoms with Crippen LogP contribution in [0.15, 0.2) is 29.2 Å². The van der Waals surface area contributed by atoms with E-state index in [1.54, 1.807) is 0 Å². The molecule has 17 heavy (non-hydrogen) atoms. The highest BCUT2D eigenvalue weighted by Gasteiger charge is 2.27. The van der Waals surface area contributed by atoms with Crippen molar-refractivity contribution >= 4 is 16.6 Å². The van der Waals surface area contributed by atoms with Gasteiger partial charge in [0.15, 0.2) is 0 Å². The Balaban J connectivity index is 2.12. The molecule has 1 aliphatic rings. The van der Waals surface area contributed by atoms with Crippen molar-refractivity contribution in [1.29, 1.82) is 0 Å². The van der Waals surface area contributed by atoms with Gasteiger partial charge in [-0.25, -0.2) is 0 Å². The number of hydrogen-bond acceptors (Lipinski definition) is 2. The Kier molecular flexibility index (Phi) is 3.77. The fourth-order valence-corrected chi connectivity index (χ4v) is 3.60. The van der Waals surface area contributed by atoms with Gasteiger partial charge in [-0.15, -0.1) is 0 Å². The van der Waals surface area contributed by atoms with Crippen molar-refractivity contribution in [3.63, 3.8) is 0 Å². The van der Waals surface area contributed by atoms with Crippen LogP contribution in [0.1, 0.15) is 44.6 Å². The Morgan fingerprint density at radius 1 is 1.24 bits per heavy atom. The molecule has 2 atom stereocenters. The molecule has 2 unspecified atom stereocenters. The van der Waals surface area contributed by atoms with Crippen LogP contribution < -0.4 is 0 Å². The van der Waals surface area contributed by atoms with Crippen molar-refractivity contribution in [3.8, 4) is 0 Å². The van der Waals surface area contributed by atoms with Gasteiger partial charge in [0.05, 0.1) is 10.8 Å². The van der Waals surface area contributed by atoms with E-state index in [1.165, 1.54) is 5.56 Å². The van der Waals surface area contributed by atoms with Crippen LogP contribution in [0, 0.1) is 0 Å². The van der Waals surface area contributed by atoms with Crippen LogP contribution in [0.2, 0.25) is 0 Å². The molecular weight excluding hydrogens is 232 g/mol. The molecule has 1 aromatic carbocycles. The fourth-order valence-electron chi connectivity index (χ4n) is 2.14. The average Bonchev–Trinajstić information content (AvgIpc) is 2.75. The Morgan fingerprint density at radius 3 is 2.35 bits per heavy atom. The largest absolute Gasteiger partial charge is 0.300 e. The van der Waals surface area contributed by atoms with E-state index in [-0.39, 0.29) is 11.0 Å². The SMILES string of the molecule is CC(C)c1ccc(S(=O)C2CCC(=O)C2)cc1. The van der Waals surface area contributed by atoms with E-state index in [0.717, 1.165) is 11.3 Å². The molecule has 1 aromatic rings. The van der Waals surface area contributed by atoms with Crippen LogP contribution >= 0.6 is 0 Å². The molecule has 2 nitrogen and oxygen atoms in total. The minimum Gasteiger partial charge on any atom is -0.300 e. The summed E-state index contributed by atoms with van der Waals surface area (Å²) in [5, 5.41) is 0.0346. The summed E-state index contributed by atoms with van der Waals surface area (Å²) in [7, 11) is -1.02. The summed E-state index contributed by atoms with van der Waals surface area (Å²) in [6.45, 7) is 4.28. The van der Waals surface area contributed by atoms with Gasteiger partial charge in [-0.3, -0.25) is 9.00 Å². The number of rotatable bonds is 3. The first kappa shape index (κ1) is 12.5. The molecule has 1 fully saturated rings. The molecule has 0 amide bonds. The predicted octanol–water partition coefficient (Wildman–Crippen LogP) is 3.04. The van der Waals surface area contributed by atoms with E-state index >= 15 is 0 Å². The molecule has 1 aliphatic carbocycles. The van der Waals surface area contributed by atoms with Crippen LogP contribution in [-0.2, 0) is 15.6 Å². The number of carbonyl (C=O) groups excluding carboxylic acids is 1. The van der Waals surface area contributed by atoms with Crippen LogP contribution in [-0.4, -0.2) is 15.2 Å². The second-order valence-corrected chi connectivity index (χ2v) is 6.66. The lowest BCUT2D eigenvalue weighted by Crippen LogP contribution is -2.11. The Labute approximate surface area is 105 Å². The van der Waals surface area contributed by atoms with Gasteiger partial charge in [-0.2, -0.15) is 0 Å². The third kappa shape index (κ3) is 2.83. The fraction of sp³-hybridized carbons (Fsp3) is 0.500. The van der Waals surface area contributed by atoms with E-state index in [9.17, 15) is 9.00 Å². The van der Waals surface area contributed by atoms with Gasteiger partial charge in [0.2, 0.25) is 0 Å². The third-order valence-electron chi connectivity index (χ3n) is 3.28. The van der Waals surface area contributed by atoms with Crippen molar-refractivity contribution in [2.24, 2.45) is 0 Å². The Morgan fingerprint density at radius 2 is 1.88 bits per heavy atom. The van der Waals surface area contributed by atoms with Crippen molar-refractivity contribution in [2.45, 2.75) is 49.2 Å². The smallest absolute Gasteiger partial charge is 0.134 e. The maximum absolute atomic E-state index is 12.2. The standard InChI is InChI=1S/C14H18O2S/c1-10(2)11-3-6-13(7-4-11)17(16)14-8-5-12(15)9-14/h3-4,6-7,10,14H,5,8-9H2,1-2H3. The third-order valence-corrected chi connectivity index (χ3v) is 5.03. The lowest BCUT2D eigenvalue weighted by atomic mass is 10.0. The average molecular weight is 250 g/mol. The van der Waals surface area contributed by atoms with Crippen LogP contribution in [0.25, 0.3) is 0 Å². The van der Waals surface area contributed by atoms with Gasteiger partial charge in [-0.1, -0.05) is 26.0 Å². The number of benzene rings is 1. The summed E-state index contributed by atoms with van der Waals surface area (Å²) in [6.07, 6.45) is 1.86. The maximum Gasteiger partial charge on any atom is 0.134 e. The van der Waals surface area contributed by atoms with Crippen molar-refractivity contribution in [3.05, 3.63) is 29.8 Å². The van der Waals surface area contributed by atoms with Crippen LogP contribution in [0.4, 0.5) is 0 Å². The molecule has 3 heteroatoms. The van der Waals surface area contributed by atoms with Gasteiger partial charge in [0.25, 0.3) is 0 Å². The first-order chi connectivity index (χ1) is 8.08. The number of hydrogen-bond donors (Lipinski definition) is 0. The zero-order valence-corrected chi connectivity index (χ0v) is 11.1.